The SMILES string of the molecule is COC1CCC2C(C1)C(C1CCC(Cl)CC1)=N[C@@H](CC(=O)NCCCCNC(=O)C1CCCC(B(O)O)C1)C1NNC(C)N21. The van der Waals surface area contributed by atoms with E-state index in [0.717, 1.165) is 77.0 Å². The average molecular weight is 637 g/mol. The number of amides is 2. The number of carbonyl (C=O) groups excluding carboxylic acids is 2. The Hall–Kier alpha value is -1.28. The minimum Gasteiger partial charge on any atom is -0.427 e. The molecule has 4 fully saturated rings. The van der Waals surface area contributed by atoms with Gasteiger partial charge in [0, 0.05) is 49.2 Å². The van der Waals surface area contributed by atoms with E-state index in [1.165, 1.54) is 5.71 Å². The van der Waals surface area contributed by atoms with Gasteiger partial charge in [-0.05, 0) is 89.3 Å². The highest BCUT2D eigenvalue weighted by molar-refractivity contribution is 6.43. The van der Waals surface area contributed by atoms with Crippen molar-refractivity contribution in [2.24, 2.45) is 22.7 Å². The first-order valence-corrected chi connectivity index (χ1v) is 17.6. The second-order valence-electron chi connectivity index (χ2n) is 13.9. The second-order valence-corrected chi connectivity index (χ2v) is 14.5. The lowest BCUT2D eigenvalue weighted by molar-refractivity contribution is -0.126. The van der Waals surface area contributed by atoms with E-state index in [1.807, 2.05) is 7.11 Å². The molecule has 7 unspecified atom stereocenters. The quantitative estimate of drug-likeness (QED) is 0.115. The molecule has 8 atom stereocenters. The standard InChI is InChI=1S/C31H54BClN6O5/c1-19-37-38-30-26(18-28(40)34-14-3-4-15-35-31(41)21-6-5-7-22(16-21)32(42)43)36-29(20-8-10-23(33)11-9-20)25-17-24(44-2)12-13-27(25)39(19)30/h19-27,30,37-38,42-43H,3-18H2,1-2H3,(H,34,40)(H,35,41)/t19?,20?,21?,22?,23?,24?,25?,26-,27?,30?/m0/s1. The number of hydrogen-bond donors (Lipinski definition) is 6. The summed E-state index contributed by atoms with van der Waals surface area (Å²) in [5.41, 5.74) is 8.20. The summed E-state index contributed by atoms with van der Waals surface area (Å²) in [6, 6.07) is 0.159. The number of methoxy groups -OCH3 is 1. The highest BCUT2D eigenvalue weighted by Gasteiger charge is 2.50. The topological polar surface area (TPSA) is 148 Å². The number of halogens is 1. The third-order valence-electron chi connectivity index (χ3n) is 11.0. The van der Waals surface area contributed by atoms with Crippen molar-refractivity contribution >= 4 is 36.2 Å². The molecule has 5 rings (SSSR count). The van der Waals surface area contributed by atoms with Crippen molar-refractivity contribution < 1.29 is 24.4 Å². The van der Waals surface area contributed by atoms with Gasteiger partial charge in [0.05, 0.1) is 30.9 Å². The molecule has 2 amide bonds. The van der Waals surface area contributed by atoms with E-state index in [0.29, 0.717) is 43.8 Å². The third kappa shape index (κ3) is 8.35. The molecule has 5 aliphatic rings. The number of alkyl halides is 1. The molecule has 6 N–H and O–H groups in total. The van der Waals surface area contributed by atoms with Crippen LogP contribution in [-0.4, -0.2) is 95.7 Å². The van der Waals surface area contributed by atoms with Crippen LogP contribution in [0.3, 0.4) is 0 Å². The zero-order valence-electron chi connectivity index (χ0n) is 26.6. The van der Waals surface area contributed by atoms with Crippen LogP contribution in [0.5, 0.6) is 0 Å². The van der Waals surface area contributed by atoms with Gasteiger partial charge in [0.15, 0.2) is 0 Å². The van der Waals surface area contributed by atoms with Crippen LogP contribution < -0.4 is 21.5 Å². The van der Waals surface area contributed by atoms with Gasteiger partial charge < -0.3 is 25.4 Å². The summed E-state index contributed by atoms with van der Waals surface area (Å²) in [7, 11) is 0.466. The maximum absolute atomic E-state index is 13.3. The van der Waals surface area contributed by atoms with E-state index >= 15 is 0 Å². The normalized spacial score (nSPS) is 37.7. The molecule has 3 aliphatic carbocycles. The smallest absolute Gasteiger partial charge is 0.427 e. The summed E-state index contributed by atoms with van der Waals surface area (Å²) < 4.78 is 5.86. The van der Waals surface area contributed by atoms with E-state index in [4.69, 9.17) is 21.3 Å². The van der Waals surface area contributed by atoms with E-state index in [9.17, 15) is 19.6 Å². The predicted molar refractivity (Wildman–Crippen MR) is 172 cm³/mol. The molecule has 2 heterocycles. The Morgan fingerprint density at radius 1 is 1.02 bits per heavy atom. The molecular formula is C31H54BClN6O5. The number of rotatable bonds is 11. The zero-order chi connectivity index (χ0) is 31.2. The van der Waals surface area contributed by atoms with Crippen molar-refractivity contribution in [3.8, 4) is 0 Å². The molecule has 13 heteroatoms. The van der Waals surface area contributed by atoms with E-state index < -0.39 is 7.12 Å². The fourth-order valence-corrected chi connectivity index (χ4v) is 8.75. The number of aliphatic imine (C=N–C) groups is 1. The number of unbranched alkanes of at least 4 members (excludes halogenated alkanes) is 1. The largest absolute Gasteiger partial charge is 0.454 e. The molecule has 2 aliphatic heterocycles. The second kappa shape index (κ2) is 16.0. The van der Waals surface area contributed by atoms with Gasteiger partial charge in [0.2, 0.25) is 11.8 Å². The van der Waals surface area contributed by atoms with Crippen LogP contribution in [-0.2, 0) is 14.3 Å². The van der Waals surface area contributed by atoms with Crippen LogP contribution in [0.1, 0.15) is 96.8 Å². The van der Waals surface area contributed by atoms with Crippen LogP contribution in [0, 0.1) is 17.8 Å². The number of nitrogens with zero attached hydrogens (tertiary/aromatic N) is 2. The first kappa shape index (κ1) is 34.1. The van der Waals surface area contributed by atoms with Gasteiger partial charge in [-0.15, -0.1) is 11.6 Å². The van der Waals surface area contributed by atoms with Crippen molar-refractivity contribution in [2.75, 3.05) is 20.2 Å². The summed E-state index contributed by atoms with van der Waals surface area (Å²) in [5, 5.41) is 25.3. The van der Waals surface area contributed by atoms with Crippen LogP contribution >= 0.6 is 11.6 Å². The van der Waals surface area contributed by atoms with Crippen LogP contribution in [0.4, 0.5) is 0 Å². The summed E-state index contributed by atoms with van der Waals surface area (Å²) in [4.78, 5) is 33.8. The third-order valence-corrected chi connectivity index (χ3v) is 11.4. The van der Waals surface area contributed by atoms with Crippen molar-refractivity contribution in [1.29, 1.82) is 0 Å². The number of fused-ring (bicyclic) bond motifs is 3. The van der Waals surface area contributed by atoms with Gasteiger partial charge >= 0.3 is 7.12 Å². The Morgan fingerprint density at radius 2 is 1.77 bits per heavy atom. The Morgan fingerprint density at radius 3 is 2.50 bits per heavy atom. The summed E-state index contributed by atoms with van der Waals surface area (Å²) in [5.74, 6) is 0.341. The lowest BCUT2D eigenvalue weighted by atomic mass is 9.62. The lowest BCUT2D eigenvalue weighted by Crippen LogP contribution is -2.55. The van der Waals surface area contributed by atoms with Gasteiger partial charge in [-0.1, -0.05) is 12.8 Å². The van der Waals surface area contributed by atoms with Gasteiger partial charge in [-0.3, -0.25) is 19.5 Å². The molecule has 1 saturated heterocycles. The number of carbonyl (C=O) groups is 2. The van der Waals surface area contributed by atoms with Crippen molar-refractivity contribution in [2.45, 2.75) is 139 Å². The van der Waals surface area contributed by atoms with Crippen LogP contribution in [0.15, 0.2) is 4.99 Å². The molecule has 0 radical (unpaired) electrons. The van der Waals surface area contributed by atoms with Crippen LogP contribution in [0.25, 0.3) is 0 Å². The van der Waals surface area contributed by atoms with E-state index in [1.54, 1.807) is 0 Å². The maximum Gasteiger partial charge on any atom is 0.454 e. The summed E-state index contributed by atoms with van der Waals surface area (Å²) in [6.07, 6.45) is 12.3. The number of nitrogens with one attached hydrogen (secondary N) is 4. The average Bonchev–Trinajstić information content (AvgIpc) is 3.35. The summed E-state index contributed by atoms with van der Waals surface area (Å²) in [6.45, 7) is 3.29. The fourth-order valence-electron chi connectivity index (χ4n) is 8.49. The fraction of sp³-hybridized carbons (Fsp3) is 0.903. The Bertz CT molecular complexity index is 1000. The molecular weight excluding hydrogens is 583 g/mol. The maximum atomic E-state index is 13.3. The van der Waals surface area contributed by atoms with Crippen LogP contribution in [0.2, 0.25) is 5.82 Å². The molecule has 3 saturated carbocycles. The predicted octanol–water partition coefficient (Wildman–Crippen LogP) is 2.31. The Labute approximate surface area is 268 Å². The van der Waals surface area contributed by atoms with Gasteiger partial charge in [-0.2, -0.15) is 0 Å². The molecule has 0 spiro atoms. The van der Waals surface area contributed by atoms with E-state index in [-0.39, 0.29) is 53.4 Å². The van der Waals surface area contributed by atoms with Gasteiger partial charge in [0.1, 0.15) is 0 Å². The van der Waals surface area contributed by atoms with Crippen molar-refractivity contribution in [3.63, 3.8) is 0 Å². The molecule has 44 heavy (non-hydrogen) atoms. The van der Waals surface area contributed by atoms with Crippen molar-refractivity contribution in [3.05, 3.63) is 0 Å². The zero-order valence-corrected chi connectivity index (χ0v) is 27.3. The lowest BCUT2D eigenvalue weighted by Gasteiger charge is -2.44. The first-order chi connectivity index (χ1) is 21.2. The Balaban J connectivity index is 1.15. The minimum absolute atomic E-state index is 0.00311. The van der Waals surface area contributed by atoms with Crippen molar-refractivity contribution in [1.82, 2.24) is 26.4 Å². The molecule has 0 aromatic heterocycles. The highest BCUT2D eigenvalue weighted by Crippen LogP contribution is 2.42. The molecule has 0 aromatic carbocycles. The molecule has 11 nitrogen and oxygen atoms in total. The Kier molecular flexibility index (Phi) is 12.4. The number of hydrogen-bond acceptors (Lipinski definition) is 9. The first-order valence-electron chi connectivity index (χ1n) is 17.2. The van der Waals surface area contributed by atoms with Gasteiger partial charge in [0.25, 0.3) is 0 Å². The minimum atomic E-state index is -1.35. The monoisotopic (exact) mass is 636 g/mol. The molecule has 248 valence electrons. The number of hydrazine groups is 1. The number of ether oxygens (including phenoxy) is 1. The van der Waals surface area contributed by atoms with E-state index in [2.05, 4.69) is 33.3 Å². The van der Waals surface area contributed by atoms with Gasteiger partial charge in [-0.25, -0.2) is 10.9 Å². The summed E-state index contributed by atoms with van der Waals surface area (Å²) >= 11 is 6.50. The molecule has 0 bridgehead atoms. The highest BCUT2D eigenvalue weighted by atomic mass is 35.5. The molecule has 0 aromatic rings.